The van der Waals surface area contributed by atoms with E-state index >= 15 is 0 Å². The van der Waals surface area contributed by atoms with Gasteiger partial charge in [0.1, 0.15) is 5.69 Å². The minimum absolute atomic E-state index is 0.0762. The first-order valence-corrected chi connectivity index (χ1v) is 5.94. The van der Waals surface area contributed by atoms with E-state index in [9.17, 15) is 23.1 Å². The van der Waals surface area contributed by atoms with Crippen LogP contribution in [0.4, 0.5) is 13.2 Å². The molecule has 0 amide bonds. The minimum Gasteiger partial charge on any atom is -0.477 e. The molecule has 0 spiro atoms. The lowest BCUT2D eigenvalue weighted by molar-refractivity contribution is -0.137. The van der Waals surface area contributed by atoms with E-state index in [1.54, 1.807) is 19.2 Å². The number of carboxylic acid groups (broad SMARTS) is 1. The van der Waals surface area contributed by atoms with E-state index in [2.05, 4.69) is 0 Å². The van der Waals surface area contributed by atoms with E-state index in [0.29, 0.717) is 17.7 Å². The Hall–Kier alpha value is -2.24. The molecule has 3 nitrogen and oxygen atoms in total. The normalized spacial score (nSPS) is 11.6. The molecule has 0 fully saturated rings. The van der Waals surface area contributed by atoms with Crippen LogP contribution < -0.4 is 0 Å². The maximum atomic E-state index is 12.5. The van der Waals surface area contributed by atoms with Crippen LogP contribution in [0.2, 0.25) is 0 Å². The number of aryl methyl sites for hydroxylation is 1. The highest BCUT2D eigenvalue weighted by atomic mass is 19.4. The topological polar surface area (TPSA) is 42.2 Å². The Morgan fingerprint density at radius 3 is 2.25 bits per heavy atom. The molecule has 6 heteroatoms. The lowest BCUT2D eigenvalue weighted by Crippen LogP contribution is -2.08. The molecule has 1 heterocycles. The van der Waals surface area contributed by atoms with Gasteiger partial charge in [0.25, 0.3) is 0 Å². The third-order valence-corrected chi connectivity index (χ3v) is 3.03. The summed E-state index contributed by atoms with van der Waals surface area (Å²) >= 11 is 0. The van der Waals surface area contributed by atoms with Gasteiger partial charge in [-0.3, -0.25) is 0 Å². The quantitative estimate of drug-likeness (QED) is 0.928. The number of aromatic carboxylic acids is 1. The molecule has 0 saturated heterocycles. The first-order valence-electron chi connectivity index (χ1n) is 5.94. The van der Waals surface area contributed by atoms with Crippen molar-refractivity contribution in [3.63, 3.8) is 0 Å². The van der Waals surface area contributed by atoms with Crippen LogP contribution in [0.3, 0.4) is 0 Å². The molecular weight excluding hydrogens is 271 g/mol. The fourth-order valence-electron chi connectivity index (χ4n) is 2.05. The van der Waals surface area contributed by atoms with Gasteiger partial charge in [-0.15, -0.1) is 0 Å². The smallest absolute Gasteiger partial charge is 0.416 e. The van der Waals surface area contributed by atoms with Gasteiger partial charge < -0.3 is 9.67 Å². The fraction of sp³-hybridized carbons (Fsp3) is 0.214. The number of halogens is 3. The highest BCUT2D eigenvalue weighted by Gasteiger charge is 2.30. The molecule has 0 unspecified atom stereocenters. The van der Waals surface area contributed by atoms with Gasteiger partial charge in [0, 0.05) is 18.3 Å². The Bertz CT molecular complexity index is 627. The van der Waals surface area contributed by atoms with E-state index in [1.807, 2.05) is 0 Å². The predicted octanol–water partition coefficient (Wildman–Crippen LogP) is 3.89. The molecular formula is C14H12F3NO2. The van der Waals surface area contributed by atoms with Gasteiger partial charge in [0.15, 0.2) is 0 Å². The highest BCUT2D eigenvalue weighted by Crippen LogP contribution is 2.32. The lowest BCUT2D eigenvalue weighted by atomic mass is 10.0. The summed E-state index contributed by atoms with van der Waals surface area (Å²) in [7, 11) is 0. The molecule has 2 rings (SSSR count). The van der Waals surface area contributed by atoms with Crippen LogP contribution in [0.1, 0.15) is 23.0 Å². The van der Waals surface area contributed by atoms with Gasteiger partial charge in [-0.1, -0.05) is 12.1 Å². The van der Waals surface area contributed by atoms with Crippen molar-refractivity contribution in [3.8, 4) is 11.1 Å². The van der Waals surface area contributed by atoms with Gasteiger partial charge in [-0.2, -0.15) is 13.2 Å². The highest BCUT2D eigenvalue weighted by molar-refractivity contribution is 5.94. The Morgan fingerprint density at radius 2 is 1.80 bits per heavy atom. The van der Waals surface area contributed by atoms with E-state index in [-0.39, 0.29) is 5.69 Å². The molecule has 2 aromatic rings. The number of nitrogens with zero attached hydrogens (tertiary/aromatic N) is 1. The van der Waals surface area contributed by atoms with Crippen molar-refractivity contribution in [1.82, 2.24) is 4.57 Å². The standard InChI is InChI=1S/C14H12F3NO2/c1-2-18-8-7-11(12(18)13(19)20)9-3-5-10(6-4-9)14(15,16)17/h3-8H,2H2,1H3,(H,19,20). The zero-order valence-electron chi connectivity index (χ0n) is 10.6. The van der Waals surface area contributed by atoms with Crippen molar-refractivity contribution in [1.29, 1.82) is 0 Å². The number of benzene rings is 1. The summed E-state index contributed by atoms with van der Waals surface area (Å²) in [4.78, 5) is 11.3. The first-order chi connectivity index (χ1) is 9.34. The number of hydrogen-bond donors (Lipinski definition) is 1. The van der Waals surface area contributed by atoms with Gasteiger partial charge >= 0.3 is 12.1 Å². The first kappa shape index (κ1) is 14.2. The Labute approximate surface area is 113 Å². The van der Waals surface area contributed by atoms with Crippen molar-refractivity contribution in [3.05, 3.63) is 47.8 Å². The van der Waals surface area contributed by atoms with Gasteiger partial charge in [0.2, 0.25) is 0 Å². The second-order valence-corrected chi connectivity index (χ2v) is 4.24. The SMILES string of the molecule is CCn1ccc(-c2ccc(C(F)(F)F)cc2)c1C(=O)O. The summed E-state index contributed by atoms with van der Waals surface area (Å²) in [5.74, 6) is -1.10. The van der Waals surface area contributed by atoms with Crippen LogP contribution in [0.15, 0.2) is 36.5 Å². The summed E-state index contributed by atoms with van der Waals surface area (Å²) in [6.07, 6.45) is -2.79. The zero-order chi connectivity index (χ0) is 14.9. The van der Waals surface area contributed by atoms with Gasteiger partial charge in [-0.25, -0.2) is 4.79 Å². The Morgan fingerprint density at radius 1 is 1.20 bits per heavy atom. The molecule has 0 saturated carbocycles. The average Bonchev–Trinajstić information content (AvgIpc) is 2.81. The summed E-state index contributed by atoms with van der Waals surface area (Å²) < 4.78 is 39.0. The van der Waals surface area contributed by atoms with Crippen molar-refractivity contribution in [2.45, 2.75) is 19.6 Å². The van der Waals surface area contributed by atoms with E-state index in [0.717, 1.165) is 12.1 Å². The number of rotatable bonds is 3. The van der Waals surface area contributed by atoms with Gasteiger partial charge in [0.05, 0.1) is 5.56 Å². The van der Waals surface area contributed by atoms with Crippen LogP contribution >= 0.6 is 0 Å². The molecule has 0 aliphatic rings. The number of hydrogen-bond acceptors (Lipinski definition) is 1. The van der Waals surface area contributed by atoms with Crippen LogP contribution in [0, 0.1) is 0 Å². The Kier molecular flexibility index (Phi) is 3.57. The average molecular weight is 283 g/mol. The minimum atomic E-state index is -4.40. The second-order valence-electron chi connectivity index (χ2n) is 4.24. The molecule has 0 radical (unpaired) electrons. The predicted molar refractivity (Wildman–Crippen MR) is 67.5 cm³/mol. The fourth-order valence-corrected chi connectivity index (χ4v) is 2.05. The molecule has 0 aliphatic carbocycles. The maximum absolute atomic E-state index is 12.5. The van der Waals surface area contributed by atoms with E-state index < -0.39 is 17.7 Å². The lowest BCUT2D eigenvalue weighted by Gasteiger charge is -2.08. The summed E-state index contributed by atoms with van der Waals surface area (Å²) in [5.41, 5.74) is 0.177. The van der Waals surface area contributed by atoms with Gasteiger partial charge in [-0.05, 0) is 30.7 Å². The van der Waals surface area contributed by atoms with E-state index in [1.165, 1.54) is 16.7 Å². The molecule has 0 bridgehead atoms. The van der Waals surface area contributed by atoms with Crippen molar-refractivity contribution in [2.75, 3.05) is 0 Å². The number of carboxylic acids is 1. The van der Waals surface area contributed by atoms with Crippen molar-refractivity contribution >= 4 is 5.97 Å². The molecule has 1 N–H and O–H groups in total. The van der Waals surface area contributed by atoms with Crippen molar-refractivity contribution < 1.29 is 23.1 Å². The summed E-state index contributed by atoms with van der Waals surface area (Å²) in [6, 6.07) is 6.05. The molecule has 0 aliphatic heterocycles. The summed E-state index contributed by atoms with van der Waals surface area (Å²) in [5, 5.41) is 9.21. The molecule has 0 atom stereocenters. The van der Waals surface area contributed by atoms with Crippen LogP contribution in [-0.4, -0.2) is 15.6 Å². The number of alkyl halides is 3. The molecule has 106 valence electrons. The third-order valence-electron chi connectivity index (χ3n) is 3.03. The summed E-state index contributed by atoms with van der Waals surface area (Å²) in [6.45, 7) is 2.27. The van der Waals surface area contributed by atoms with Crippen LogP contribution in [-0.2, 0) is 12.7 Å². The maximum Gasteiger partial charge on any atom is 0.416 e. The van der Waals surface area contributed by atoms with Crippen molar-refractivity contribution in [2.24, 2.45) is 0 Å². The monoisotopic (exact) mass is 283 g/mol. The molecule has 1 aromatic carbocycles. The van der Waals surface area contributed by atoms with Crippen LogP contribution in [0.5, 0.6) is 0 Å². The molecule has 1 aromatic heterocycles. The third kappa shape index (κ3) is 2.54. The van der Waals surface area contributed by atoms with Crippen LogP contribution in [0.25, 0.3) is 11.1 Å². The second kappa shape index (κ2) is 5.03. The van der Waals surface area contributed by atoms with E-state index in [4.69, 9.17) is 0 Å². The number of aromatic nitrogens is 1. The number of carbonyl (C=O) groups is 1. The largest absolute Gasteiger partial charge is 0.477 e. The Balaban J connectivity index is 2.47. The zero-order valence-corrected chi connectivity index (χ0v) is 10.6. The molecule has 20 heavy (non-hydrogen) atoms.